The summed E-state index contributed by atoms with van der Waals surface area (Å²) in [6.45, 7) is 5.27. The summed E-state index contributed by atoms with van der Waals surface area (Å²) in [5.74, 6) is -0.771. The number of nitrogens with one attached hydrogen (secondary N) is 1. The van der Waals surface area contributed by atoms with Crippen LogP contribution in [-0.2, 0) is 9.59 Å². The molecule has 1 amide bonds. The SMILES string of the molecule is COc1ccc(C([O-])=C2C(=O)C(=O)N(CC[NH+](C)C)C2c2ccc(C(C)C)cc2)cc1. The molecule has 0 saturated carbocycles. The molecule has 0 aliphatic carbocycles. The van der Waals surface area contributed by atoms with Crippen LogP contribution in [0.1, 0.15) is 42.5 Å². The first kappa shape index (κ1) is 22.6. The van der Waals surface area contributed by atoms with Crippen LogP contribution in [0.5, 0.6) is 5.75 Å². The first-order chi connectivity index (χ1) is 14.7. The summed E-state index contributed by atoms with van der Waals surface area (Å²) in [6.07, 6.45) is 0. The van der Waals surface area contributed by atoms with Crippen LogP contribution in [0.4, 0.5) is 0 Å². The van der Waals surface area contributed by atoms with Gasteiger partial charge < -0.3 is 19.6 Å². The predicted molar refractivity (Wildman–Crippen MR) is 118 cm³/mol. The molecular weight excluding hydrogens is 392 g/mol. The highest BCUT2D eigenvalue weighted by atomic mass is 16.5. The molecule has 2 aromatic rings. The van der Waals surface area contributed by atoms with Gasteiger partial charge in [0.15, 0.2) is 0 Å². The van der Waals surface area contributed by atoms with Crippen molar-refractivity contribution in [1.29, 1.82) is 0 Å². The number of hydrogen-bond donors (Lipinski definition) is 1. The Bertz CT molecular complexity index is 976. The molecule has 0 radical (unpaired) electrons. The van der Waals surface area contributed by atoms with Crippen LogP contribution in [0.3, 0.4) is 0 Å². The van der Waals surface area contributed by atoms with E-state index in [2.05, 4.69) is 13.8 Å². The van der Waals surface area contributed by atoms with Crippen molar-refractivity contribution < 1.29 is 24.3 Å². The lowest BCUT2D eigenvalue weighted by atomic mass is 9.93. The minimum Gasteiger partial charge on any atom is -0.872 e. The maximum absolute atomic E-state index is 13.4. The first-order valence-corrected chi connectivity index (χ1v) is 10.5. The van der Waals surface area contributed by atoms with Crippen molar-refractivity contribution >= 4 is 17.4 Å². The molecule has 1 heterocycles. The van der Waals surface area contributed by atoms with E-state index >= 15 is 0 Å². The fourth-order valence-corrected chi connectivity index (χ4v) is 3.75. The zero-order chi connectivity index (χ0) is 22.7. The number of Topliss-reactive ketones (excluding diaryl/α,β-unsaturated/α-hetero) is 1. The lowest BCUT2D eigenvalue weighted by Crippen LogP contribution is -3.06. The molecule has 0 bridgehead atoms. The van der Waals surface area contributed by atoms with Crippen LogP contribution in [0.25, 0.3) is 5.76 Å². The van der Waals surface area contributed by atoms with Gasteiger partial charge in [-0.3, -0.25) is 9.59 Å². The van der Waals surface area contributed by atoms with Crippen LogP contribution in [0.15, 0.2) is 54.1 Å². The first-order valence-electron chi connectivity index (χ1n) is 10.5. The van der Waals surface area contributed by atoms with Gasteiger partial charge in [0, 0.05) is 5.57 Å². The maximum Gasteiger partial charge on any atom is 0.295 e. The minimum atomic E-state index is -0.715. The number of methoxy groups -OCH3 is 1. The van der Waals surface area contributed by atoms with Gasteiger partial charge >= 0.3 is 0 Å². The van der Waals surface area contributed by atoms with Gasteiger partial charge in [0.1, 0.15) is 5.75 Å². The number of likely N-dealkylation sites (tertiary alicyclic amines) is 1. The maximum atomic E-state index is 13.4. The van der Waals surface area contributed by atoms with Gasteiger partial charge in [-0.15, -0.1) is 0 Å². The average molecular weight is 423 g/mol. The number of ether oxygens (including phenoxy) is 1. The molecule has 2 aromatic carbocycles. The summed E-state index contributed by atoms with van der Waals surface area (Å²) >= 11 is 0. The molecule has 1 aliphatic heterocycles. The quantitative estimate of drug-likeness (QED) is 0.413. The Kier molecular flexibility index (Phi) is 6.81. The van der Waals surface area contributed by atoms with E-state index in [0.717, 1.165) is 16.0 Å². The van der Waals surface area contributed by atoms with Crippen molar-refractivity contribution in [3.05, 3.63) is 70.8 Å². The van der Waals surface area contributed by atoms with Gasteiger partial charge in [-0.05, 0) is 34.7 Å². The summed E-state index contributed by atoms with van der Waals surface area (Å²) in [7, 11) is 5.52. The summed E-state index contributed by atoms with van der Waals surface area (Å²) in [5, 5.41) is 13.4. The number of likely N-dealkylation sites (N-methyl/N-ethyl adjacent to an activating group) is 1. The van der Waals surface area contributed by atoms with E-state index in [9.17, 15) is 14.7 Å². The van der Waals surface area contributed by atoms with E-state index in [1.807, 2.05) is 38.4 Å². The fourth-order valence-electron chi connectivity index (χ4n) is 3.75. The zero-order valence-corrected chi connectivity index (χ0v) is 18.8. The molecule has 1 atom stereocenters. The van der Waals surface area contributed by atoms with E-state index < -0.39 is 23.5 Å². The van der Waals surface area contributed by atoms with Gasteiger partial charge in [-0.2, -0.15) is 0 Å². The summed E-state index contributed by atoms with van der Waals surface area (Å²) < 4.78 is 5.16. The van der Waals surface area contributed by atoms with Crippen LogP contribution < -0.4 is 14.7 Å². The number of ketones is 1. The third-order valence-corrected chi connectivity index (χ3v) is 5.65. The molecule has 1 N–H and O–H groups in total. The number of benzene rings is 2. The lowest BCUT2D eigenvalue weighted by Gasteiger charge is -2.28. The second-order valence-corrected chi connectivity index (χ2v) is 8.48. The lowest BCUT2D eigenvalue weighted by molar-refractivity contribution is -0.857. The monoisotopic (exact) mass is 422 g/mol. The van der Waals surface area contributed by atoms with Gasteiger partial charge in [-0.25, -0.2) is 0 Å². The van der Waals surface area contributed by atoms with Crippen molar-refractivity contribution in [1.82, 2.24) is 4.90 Å². The third-order valence-electron chi connectivity index (χ3n) is 5.65. The normalized spacial score (nSPS) is 18.3. The number of nitrogens with zero attached hydrogens (tertiary/aromatic N) is 1. The number of quaternary nitrogens is 1. The molecule has 1 saturated heterocycles. The Morgan fingerprint density at radius 2 is 1.68 bits per heavy atom. The predicted octanol–water partition coefficient (Wildman–Crippen LogP) is 1.19. The number of carbonyl (C=O) groups excluding carboxylic acids is 2. The molecule has 3 rings (SSSR count). The summed E-state index contributed by atoms with van der Waals surface area (Å²) in [5.41, 5.74) is 2.31. The van der Waals surface area contributed by atoms with Crippen LogP contribution in [0.2, 0.25) is 0 Å². The summed E-state index contributed by atoms with van der Waals surface area (Å²) in [4.78, 5) is 28.6. The second-order valence-electron chi connectivity index (χ2n) is 8.48. The molecule has 1 fully saturated rings. The molecule has 1 aliphatic rings. The topological polar surface area (TPSA) is 74.1 Å². The van der Waals surface area contributed by atoms with Crippen LogP contribution in [-0.4, -0.2) is 50.9 Å². The van der Waals surface area contributed by atoms with Crippen molar-refractivity contribution in [2.45, 2.75) is 25.8 Å². The number of rotatable bonds is 7. The number of amides is 1. The Morgan fingerprint density at radius 3 is 2.19 bits per heavy atom. The molecule has 164 valence electrons. The van der Waals surface area contributed by atoms with Gasteiger partial charge in [0.05, 0.1) is 40.3 Å². The van der Waals surface area contributed by atoms with Gasteiger partial charge in [0.25, 0.3) is 5.91 Å². The van der Waals surface area contributed by atoms with Crippen molar-refractivity contribution in [2.24, 2.45) is 0 Å². The minimum absolute atomic E-state index is 0.0150. The Labute approximate surface area is 183 Å². The smallest absolute Gasteiger partial charge is 0.295 e. The van der Waals surface area contributed by atoms with Crippen molar-refractivity contribution in [3.8, 4) is 5.75 Å². The largest absolute Gasteiger partial charge is 0.872 e. The highest BCUT2D eigenvalue weighted by Gasteiger charge is 2.44. The Hall–Kier alpha value is -3.12. The highest BCUT2D eigenvalue weighted by Crippen LogP contribution is 2.38. The summed E-state index contributed by atoms with van der Waals surface area (Å²) in [6, 6.07) is 13.7. The second kappa shape index (κ2) is 9.35. The molecule has 6 heteroatoms. The molecule has 31 heavy (non-hydrogen) atoms. The van der Waals surface area contributed by atoms with Crippen LogP contribution in [0, 0.1) is 0 Å². The average Bonchev–Trinajstić information content (AvgIpc) is 3.02. The van der Waals surface area contributed by atoms with Crippen LogP contribution >= 0.6 is 0 Å². The molecule has 1 unspecified atom stereocenters. The van der Waals surface area contributed by atoms with Gasteiger partial charge in [-0.1, -0.05) is 56.0 Å². The zero-order valence-electron chi connectivity index (χ0n) is 18.8. The van der Waals surface area contributed by atoms with E-state index in [4.69, 9.17) is 4.74 Å². The highest BCUT2D eigenvalue weighted by molar-refractivity contribution is 6.46. The molecule has 0 aromatic heterocycles. The Balaban J connectivity index is 2.11. The number of carbonyl (C=O) groups is 2. The standard InChI is InChI=1S/C25H30N2O4/c1-16(2)17-6-8-18(9-7-17)22-21(23(28)19-10-12-20(31-5)13-11-19)24(29)25(30)27(22)15-14-26(3)4/h6-13,16,22,28H,14-15H2,1-5H3. The fraction of sp³-hybridized carbons (Fsp3) is 0.360. The van der Waals surface area contributed by atoms with E-state index in [0.29, 0.717) is 30.3 Å². The third kappa shape index (κ3) is 4.64. The van der Waals surface area contributed by atoms with Gasteiger partial charge in [0.2, 0.25) is 5.78 Å². The van der Waals surface area contributed by atoms with E-state index in [-0.39, 0.29) is 5.57 Å². The van der Waals surface area contributed by atoms with E-state index in [1.54, 1.807) is 31.4 Å². The molecule has 0 spiro atoms. The Morgan fingerprint density at radius 1 is 1.06 bits per heavy atom. The number of hydrogen-bond acceptors (Lipinski definition) is 4. The molecule has 6 nitrogen and oxygen atoms in total. The molecular formula is C25H30N2O4. The van der Waals surface area contributed by atoms with E-state index in [1.165, 1.54) is 4.90 Å². The van der Waals surface area contributed by atoms with Crippen molar-refractivity contribution in [3.63, 3.8) is 0 Å². The van der Waals surface area contributed by atoms with Crippen molar-refractivity contribution in [2.75, 3.05) is 34.3 Å².